The molecule has 3 heteroatoms. The van der Waals surface area contributed by atoms with Gasteiger partial charge < -0.3 is 0 Å². The first-order valence-corrected chi connectivity index (χ1v) is 6.64. The van der Waals surface area contributed by atoms with Crippen molar-refractivity contribution in [2.24, 2.45) is 0 Å². The van der Waals surface area contributed by atoms with Crippen LogP contribution in [0.3, 0.4) is 0 Å². The molecule has 1 nitrogen and oxygen atoms in total. The molecular formula is C15H12FIO. The van der Waals surface area contributed by atoms with Crippen LogP contribution in [0.5, 0.6) is 0 Å². The minimum atomic E-state index is -0.383. The van der Waals surface area contributed by atoms with Crippen molar-refractivity contribution in [3.63, 3.8) is 0 Å². The predicted octanol–water partition coefficient (Wildman–Crippen LogP) is 4.28. The van der Waals surface area contributed by atoms with Gasteiger partial charge in [-0.05, 0) is 65.8 Å². The zero-order chi connectivity index (χ0) is 13.3. The fourth-order valence-corrected chi connectivity index (χ4v) is 2.41. The van der Waals surface area contributed by atoms with Crippen molar-refractivity contribution >= 4 is 28.4 Å². The van der Waals surface area contributed by atoms with E-state index in [1.165, 1.54) is 12.1 Å². The Balaban J connectivity index is 2.55. The summed E-state index contributed by atoms with van der Waals surface area (Å²) in [5, 5.41) is 0. The second-order valence-electron chi connectivity index (χ2n) is 4.22. The smallest absolute Gasteiger partial charge is 0.194 e. The monoisotopic (exact) mass is 354 g/mol. The van der Waals surface area contributed by atoms with Crippen LogP contribution in [-0.2, 0) is 0 Å². The first-order valence-electron chi connectivity index (χ1n) is 5.56. The molecule has 0 saturated heterocycles. The van der Waals surface area contributed by atoms with Crippen LogP contribution in [-0.4, -0.2) is 5.78 Å². The van der Waals surface area contributed by atoms with E-state index in [2.05, 4.69) is 22.6 Å². The summed E-state index contributed by atoms with van der Waals surface area (Å²) in [6, 6.07) is 9.88. The molecular weight excluding hydrogens is 342 g/mol. The average molecular weight is 354 g/mol. The van der Waals surface area contributed by atoms with Gasteiger partial charge in [0, 0.05) is 14.7 Å². The van der Waals surface area contributed by atoms with Gasteiger partial charge in [0.25, 0.3) is 0 Å². The van der Waals surface area contributed by atoms with Gasteiger partial charge in [-0.2, -0.15) is 0 Å². The number of benzene rings is 2. The van der Waals surface area contributed by atoms with Crippen LogP contribution < -0.4 is 0 Å². The van der Waals surface area contributed by atoms with E-state index in [1.807, 2.05) is 26.0 Å². The highest BCUT2D eigenvalue weighted by Gasteiger charge is 2.16. The van der Waals surface area contributed by atoms with Crippen molar-refractivity contribution < 1.29 is 9.18 Å². The summed E-state index contributed by atoms with van der Waals surface area (Å²) in [7, 11) is 0. The average Bonchev–Trinajstić information content (AvgIpc) is 2.35. The molecule has 0 aliphatic carbocycles. The minimum absolute atomic E-state index is 0.125. The number of carbonyl (C=O) groups excluding carboxylic acids is 1. The molecule has 18 heavy (non-hydrogen) atoms. The van der Waals surface area contributed by atoms with Gasteiger partial charge in [-0.1, -0.05) is 18.2 Å². The summed E-state index contributed by atoms with van der Waals surface area (Å²) < 4.78 is 14.2. The SMILES string of the molecule is Cc1ccc(F)cc1C(=O)c1cccc(C)c1I. The summed E-state index contributed by atoms with van der Waals surface area (Å²) in [4.78, 5) is 12.4. The summed E-state index contributed by atoms with van der Waals surface area (Å²) in [5.41, 5.74) is 2.90. The van der Waals surface area contributed by atoms with Crippen molar-refractivity contribution in [3.05, 3.63) is 68.0 Å². The van der Waals surface area contributed by atoms with Crippen LogP contribution in [0.15, 0.2) is 36.4 Å². The van der Waals surface area contributed by atoms with E-state index < -0.39 is 0 Å². The number of rotatable bonds is 2. The zero-order valence-electron chi connectivity index (χ0n) is 10.1. The zero-order valence-corrected chi connectivity index (χ0v) is 12.3. The second kappa shape index (κ2) is 5.18. The number of hydrogen-bond donors (Lipinski definition) is 0. The predicted molar refractivity (Wildman–Crippen MR) is 78.5 cm³/mol. The Morgan fingerprint density at radius 2 is 1.78 bits per heavy atom. The van der Waals surface area contributed by atoms with Crippen molar-refractivity contribution in [2.75, 3.05) is 0 Å². The molecule has 0 aliphatic heterocycles. The van der Waals surface area contributed by atoms with E-state index in [4.69, 9.17) is 0 Å². The lowest BCUT2D eigenvalue weighted by atomic mass is 9.98. The molecule has 0 spiro atoms. The van der Waals surface area contributed by atoms with Crippen LogP contribution in [0.25, 0.3) is 0 Å². The third kappa shape index (κ3) is 2.46. The van der Waals surface area contributed by atoms with Gasteiger partial charge in [0.1, 0.15) is 5.82 Å². The fraction of sp³-hybridized carbons (Fsp3) is 0.133. The molecule has 0 atom stereocenters. The number of carbonyl (C=O) groups is 1. The van der Waals surface area contributed by atoms with Crippen molar-refractivity contribution in [1.29, 1.82) is 0 Å². The highest BCUT2D eigenvalue weighted by molar-refractivity contribution is 14.1. The van der Waals surface area contributed by atoms with Crippen LogP contribution in [0.4, 0.5) is 4.39 Å². The van der Waals surface area contributed by atoms with Gasteiger partial charge >= 0.3 is 0 Å². The Hall–Kier alpha value is -1.23. The Morgan fingerprint density at radius 1 is 1.06 bits per heavy atom. The van der Waals surface area contributed by atoms with Gasteiger partial charge in [-0.3, -0.25) is 4.79 Å². The largest absolute Gasteiger partial charge is 0.289 e. The van der Waals surface area contributed by atoms with E-state index in [9.17, 15) is 9.18 Å². The quantitative estimate of drug-likeness (QED) is 0.581. The molecule has 92 valence electrons. The van der Waals surface area contributed by atoms with Crippen LogP contribution >= 0.6 is 22.6 Å². The molecule has 2 rings (SSSR count). The summed E-state index contributed by atoms with van der Waals surface area (Å²) >= 11 is 2.15. The molecule has 0 saturated carbocycles. The summed E-state index contributed by atoms with van der Waals surface area (Å²) in [5.74, 6) is -0.508. The fourth-order valence-electron chi connectivity index (χ4n) is 1.81. The molecule has 0 bridgehead atoms. The maximum absolute atomic E-state index is 13.2. The Labute approximate surface area is 119 Å². The number of halogens is 2. The van der Waals surface area contributed by atoms with E-state index in [0.717, 1.165) is 14.7 Å². The third-order valence-electron chi connectivity index (χ3n) is 2.88. The van der Waals surface area contributed by atoms with Crippen molar-refractivity contribution in [3.8, 4) is 0 Å². The standard InChI is InChI=1S/C15H12FIO/c1-9-6-7-11(16)8-13(9)15(18)12-5-3-4-10(2)14(12)17/h3-8H,1-2H3. The highest BCUT2D eigenvalue weighted by Crippen LogP contribution is 2.22. The maximum Gasteiger partial charge on any atom is 0.194 e. The summed E-state index contributed by atoms with van der Waals surface area (Å²) in [6.07, 6.45) is 0. The molecule has 0 amide bonds. The lowest BCUT2D eigenvalue weighted by molar-refractivity contribution is 0.103. The van der Waals surface area contributed by atoms with Crippen molar-refractivity contribution in [2.45, 2.75) is 13.8 Å². The first-order chi connectivity index (χ1) is 8.50. The maximum atomic E-state index is 13.2. The molecule has 0 N–H and O–H groups in total. The number of hydrogen-bond acceptors (Lipinski definition) is 1. The third-order valence-corrected chi connectivity index (χ3v) is 4.31. The normalized spacial score (nSPS) is 10.4. The van der Waals surface area contributed by atoms with E-state index >= 15 is 0 Å². The molecule has 2 aromatic carbocycles. The number of aryl methyl sites for hydroxylation is 2. The molecule has 0 fully saturated rings. The minimum Gasteiger partial charge on any atom is -0.289 e. The molecule has 0 aliphatic rings. The first kappa shape index (κ1) is 13.2. The van der Waals surface area contributed by atoms with Crippen LogP contribution in [0.1, 0.15) is 27.0 Å². The molecule has 0 aromatic heterocycles. The van der Waals surface area contributed by atoms with Gasteiger partial charge in [-0.15, -0.1) is 0 Å². The lowest BCUT2D eigenvalue weighted by Crippen LogP contribution is -2.07. The number of ketones is 1. The van der Waals surface area contributed by atoms with E-state index in [0.29, 0.717) is 11.1 Å². The lowest BCUT2D eigenvalue weighted by Gasteiger charge is -2.08. The van der Waals surface area contributed by atoms with Crippen LogP contribution in [0.2, 0.25) is 0 Å². The molecule has 0 unspecified atom stereocenters. The van der Waals surface area contributed by atoms with E-state index in [-0.39, 0.29) is 11.6 Å². The van der Waals surface area contributed by atoms with Gasteiger partial charge in [0.2, 0.25) is 0 Å². The van der Waals surface area contributed by atoms with E-state index in [1.54, 1.807) is 12.1 Å². The van der Waals surface area contributed by atoms with Crippen molar-refractivity contribution in [1.82, 2.24) is 0 Å². The van der Waals surface area contributed by atoms with Gasteiger partial charge in [0.15, 0.2) is 5.78 Å². The Morgan fingerprint density at radius 3 is 2.50 bits per heavy atom. The Kier molecular flexibility index (Phi) is 3.80. The second-order valence-corrected chi connectivity index (χ2v) is 5.30. The topological polar surface area (TPSA) is 17.1 Å². The molecule has 2 aromatic rings. The highest BCUT2D eigenvalue weighted by atomic mass is 127. The van der Waals surface area contributed by atoms with Gasteiger partial charge in [0.05, 0.1) is 0 Å². The Bertz CT molecular complexity index is 616. The molecule has 0 heterocycles. The van der Waals surface area contributed by atoms with Gasteiger partial charge in [-0.25, -0.2) is 4.39 Å². The van der Waals surface area contributed by atoms with Crippen LogP contribution in [0, 0.1) is 23.2 Å². The summed E-state index contributed by atoms with van der Waals surface area (Å²) in [6.45, 7) is 3.77. The molecule has 0 radical (unpaired) electrons.